The minimum Gasteiger partial charge on any atom is -0.491 e. The van der Waals surface area contributed by atoms with Crippen molar-refractivity contribution in [1.29, 1.82) is 0 Å². The number of anilines is 3. The van der Waals surface area contributed by atoms with E-state index in [0.717, 1.165) is 55.8 Å². The van der Waals surface area contributed by atoms with Gasteiger partial charge in [-0.1, -0.05) is 36.2 Å². The van der Waals surface area contributed by atoms with Crippen molar-refractivity contribution in [1.82, 2.24) is 19.6 Å². The number of nitrogens with zero attached hydrogens (tertiary/aromatic N) is 4. The highest BCUT2D eigenvalue weighted by atomic mass is 35.5. The van der Waals surface area contributed by atoms with E-state index in [0.29, 0.717) is 34.8 Å². The van der Waals surface area contributed by atoms with E-state index < -0.39 is 10.0 Å². The van der Waals surface area contributed by atoms with Gasteiger partial charge in [0.25, 0.3) is 0 Å². The molecule has 0 bridgehead atoms. The number of hydrogen-bond acceptors (Lipinski definition) is 8. The molecule has 1 atom stereocenters. The highest BCUT2D eigenvalue weighted by Gasteiger charge is 2.27. The van der Waals surface area contributed by atoms with Crippen LogP contribution in [0.4, 0.5) is 17.2 Å². The summed E-state index contributed by atoms with van der Waals surface area (Å²) in [5.41, 5.74) is 2.51. The van der Waals surface area contributed by atoms with E-state index in [2.05, 4.69) is 62.1 Å². The van der Waals surface area contributed by atoms with Gasteiger partial charge in [-0.2, -0.15) is 0 Å². The third-order valence-electron chi connectivity index (χ3n) is 7.67. The summed E-state index contributed by atoms with van der Waals surface area (Å²) in [6.07, 6.45) is 5.85. The minimum atomic E-state index is -3.70. The van der Waals surface area contributed by atoms with Gasteiger partial charge in [-0.25, -0.2) is 23.1 Å². The van der Waals surface area contributed by atoms with Crippen molar-refractivity contribution < 1.29 is 13.2 Å². The molecule has 1 aromatic heterocycles. The Morgan fingerprint density at radius 1 is 1.15 bits per heavy atom. The first-order valence-corrected chi connectivity index (χ1v) is 16.1. The van der Waals surface area contributed by atoms with E-state index >= 15 is 0 Å². The Hall–Kier alpha value is -2.92. The topological polar surface area (TPSA) is 99.7 Å². The molecule has 41 heavy (non-hydrogen) atoms. The van der Waals surface area contributed by atoms with Gasteiger partial charge in [0.2, 0.25) is 10.0 Å². The van der Waals surface area contributed by atoms with Crippen molar-refractivity contribution in [2.75, 3.05) is 37.4 Å². The fourth-order valence-corrected chi connectivity index (χ4v) is 6.74. The van der Waals surface area contributed by atoms with Crippen molar-refractivity contribution in [3.8, 4) is 5.75 Å². The SMILES string of the molecule is CC(C)Oc1cc(N2CC[C@H](N(C)C)C2)ccc1Cc1ncc(Cl)c(Nc2ccccc2S(=O)(=O)NC2CCC2)n1. The van der Waals surface area contributed by atoms with Crippen LogP contribution in [-0.2, 0) is 16.4 Å². The normalized spacial score (nSPS) is 17.7. The molecule has 3 aromatic rings. The van der Waals surface area contributed by atoms with Crippen molar-refractivity contribution in [2.24, 2.45) is 0 Å². The Morgan fingerprint density at radius 3 is 2.61 bits per heavy atom. The van der Waals surface area contributed by atoms with Crippen molar-refractivity contribution in [3.05, 3.63) is 65.1 Å². The van der Waals surface area contributed by atoms with Crippen LogP contribution in [-0.4, -0.2) is 68.7 Å². The summed E-state index contributed by atoms with van der Waals surface area (Å²) < 4.78 is 35.2. The third kappa shape index (κ3) is 7.12. The van der Waals surface area contributed by atoms with Crippen LogP contribution >= 0.6 is 11.6 Å². The molecule has 11 heteroatoms. The number of para-hydroxylation sites is 1. The van der Waals surface area contributed by atoms with E-state index in [9.17, 15) is 8.42 Å². The maximum Gasteiger partial charge on any atom is 0.242 e. The second-order valence-electron chi connectivity index (χ2n) is 11.3. The summed E-state index contributed by atoms with van der Waals surface area (Å²) in [5.74, 6) is 1.69. The predicted octanol–water partition coefficient (Wildman–Crippen LogP) is 5.22. The summed E-state index contributed by atoms with van der Waals surface area (Å²) in [6, 6.07) is 13.6. The van der Waals surface area contributed by atoms with E-state index in [4.69, 9.17) is 16.3 Å². The lowest BCUT2D eigenvalue weighted by Gasteiger charge is -2.26. The van der Waals surface area contributed by atoms with Gasteiger partial charge in [0.05, 0.1) is 18.0 Å². The van der Waals surface area contributed by atoms with Gasteiger partial charge < -0.3 is 19.9 Å². The molecule has 2 aromatic carbocycles. The van der Waals surface area contributed by atoms with E-state index in [1.807, 2.05) is 13.8 Å². The summed E-state index contributed by atoms with van der Waals surface area (Å²) in [7, 11) is 0.555. The molecular formula is C30H39ClN6O3S. The highest BCUT2D eigenvalue weighted by molar-refractivity contribution is 7.89. The third-order valence-corrected chi connectivity index (χ3v) is 9.53. The largest absolute Gasteiger partial charge is 0.491 e. The van der Waals surface area contributed by atoms with E-state index in [1.54, 1.807) is 30.5 Å². The first-order valence-electron chi connectivity index (χ1n) is 14.2. The molecule has 1 aliphatic carbocycles. The van der Waals surface area contributed by atoms with Gasteiger partial charge in [0.1, 0.15) is 21.5 Å². The first kappa shape index (κ1) is 29.6. The number of benzene rings is 2. The molecule has 0 radical (unpaired) electrons. The lowest BCUT2D eigenvalue weighted by molar-refractivity contribution is 0.240. The van der Waals surface area contributed by atoms with Crippen molar-refractivity contribution >= 4 is 38.8 Å². The summed E-state index contributed by atoms with van der Waals surface area (Å²) in [6.45, 7) is 6.02. The maximum absolute atomic E-state index is 13.1. The number of ether oxygens (including phenoxy) is 1. The summed E-state index contributed by atoms with van der Waals surface area (Å²) in [4.78, 5) is 14.0. The van der Waals surface area contributed by atoms with Crippen LogP contribution in [0.5, 0.6) is 5.75 Å². The summed E-state index contributed by atoms with van der Waals surface area (Å²) >= 11 is 6.47. The average Bonchev–Trinajstić information content (AvgIpc) is 3.40. The Morgan fingerprint density at radius 2 is 1.93 bits per heavy atom. The smallest absolute Gasteiger partial charge is 0.242 e. The molecule has 2 heterocycles. The van der Waals surface area contributed by atoms with Crippen LogP contribution in [0.25, 0.3) is 0 Å². The first-order chi connectivity index (χ1) is 19.6. The number of halogens is 1. The average molecular weight is 599 g/mol. The van der Waals surface area contributed by atoms with Gasteiger partial charge in [-0.15, -0.1) is 0 Å². The molecule has 1 saturated carbocycles. The predicted molar refractivity (Wildman–Crippen MR) is 164 cm³/mol. The van der Waals surface area contributed by atoms with Gasteiger partial charge in [0.15, 0.2) is 5.82 Å². The van der Waals surface area contributed by atoms with Gasteiger partial charge >= 0.3 is 0 Å². The number of likely N-dealkylation sites (N-methyl/N-ethyl adjacent to an activating group) is 1. The van der Waals surface area contributed by atoms with Crippen LogP contribution in [0, 0.1) is 0 Å². The molecule has 0 unspecified atom stereocenters. The number of nitrogens with one attached hydrogen (secondary N) is 2. The van der Waals surface area contributed by atoms with E-state index in [-0.39, 0.29) is 17.0 Å². The fraction of sp³-hybridized carbons (Fsp3) is 0.467. The summed E-state index contributed by atoms with van der Waals surface area (Å²) in [5, 5.41) is 3.44. The molecule has 1 aliphatic heterocycles. The van der Waals surface area contributed by atoms with Gasteiger partial charge in [-0.05, 0) is 65.4 Å². The van der Waals surface area contributed by atoms with Crippen LogP contribution in [0.15, 0.2) is 53.6 Å². The monoisotopic (exact) mass is 598 g/mol. The maximum atomic E-state index is 13.1. The minimum absolute atomic E-state index is 0.00691. The van der Waals surface area contributed by atoms with Crippen molar-refractivity contribution in [3.63, 3.8) is 0 Å². The van der Waals surface area contributed by atoms with Crippen molar-refractivity contribution in [2.45, 2.75) is 69.0 Å². The standard InChI is InChI=1S/C30H39ClN6O3S/c1-20(2)40-27-17-23(37-15-14-24(19-37)36(3)4)13-12-21(27)16-29-32-18-25(31)30(34-29)33-26-10-5-6-11-28(26)41(38,39)35-22-8-7-9-22/h5-6,10-13,17-18,20,22,24,35H,7-9,14-16,19H2,1-4H3,(H,32,33,34)/t24-/m0/s1. The molecule has 0 spiro atoms. The Kier molecular flexibility index (Phi) is 9.03. The molecule has 1 saturated heterocycles. The lowest BCUT2D eigenvalue weighted by atomic mass is 9.94. The molecule has 9 nitrogen and oxygen atoms in total. The Bertz CT molecular complexity index is 1480. The zero-order valence-corrected chi connectivity index (χ0v) is 25.7. The second kappa shape index (κ2) is 12.5. The van der Waals surface area contributed by atoms with Crippen LogP contribution in [0.1, 0.15) is 50.9 Å². The van der Waals surface area contributed by atoms with Gasteiger partial charge in [0, 0.05) is 48.9 Å². The number of sulfonamides is 1. The number of rotatable bonds is 11. The quantitative estimate of drug-likeness (QED) is 0.310. The molecule has 2 fully saturated rings. The Labute approximate surface area is 248 Å². The molecule has 0 amide bonds. The highest BCUT2D eigenvalue weighted by Crippen LogP contribution is 2.32. The molecule has 2 N–H and O–H groups in total. The lowest BCUT2D eigenvalue weighted by Crippen LogP contribution is -2.39. The van der Waals surface area contributed by atoms with Crippen LogP contribution in [0.3, 0.4) is 0 Å². The molecule has 5 rings (SSSR count). The second-order valence-corrected chi connectivity index (χ2v) is 13.4. The zero-order valence-electron chi connectivity index (χ0n) is 24.1. The molecule has 2 aliphatic rings. The number of hydrogen-bond donors (Lipinski definition) is 2. The van der Waals surface area contributed by atoms with Gasteiger partial charge in [-0.3, -0.25) is 0 Å². The number of aromatic nitrogens is 2. The fourth-order valence-electron chi connectivity index (χ4n) is 5.14. The zero-order chi connectivity index (χ0) is 29.1. The molecule has 220 valence electrons. The molecular weight excluding hydrogens is 560 g/mol. The van der Waals surface area contributed by atoms with Crippen LogP contribution < -0.4 is 19.7 Å². The Balaban J connectivity index is 1.38. The van der Waals surface area contributed by atoms with Crippen LogP contribution in [0.2, 0.25) is 5.02 Å². The van der Waals surface area contributed by atoms with E-state index in [1.165, 1.54) is 0 Å².